The maximum absolute atomic E-state index is 10.1. The number of likely N-dealkylation sites (tertiary alicyclic amines) is 1. The summed E-state index contributed by atoms with van der Waals surface area (Å²) >= 11 is 0. The van der Waals surface area contributed by atoms with Crippen molar-refractivity contribution in [2.75, 3.05) is 26.3 Å². The van der Waals surface area contributed by atoms with E-state index in [-0.39, 0.29) is 6.10 Å². The van der Waals surface area contributed by atoms with Gasteiger partial charge in [-0.25, -0.2) is 0 Å². The molecule has 1 aliphatic heterocycles. The van der Waals surface area contributed by atoms with Crippen molar-refractivity contribution in [1.29, 1.82) is 0 Å². The van der Waals surface area contributed by atoms with E-state index in [2.05, 4.69) is 18.7 Å². The van der Waals surface area contributed by atoms with Gasteiger partial charge in [-0.2, -0.15) is 0 Å². The van der Waals surface area contributed by atoms with Crippen molar-refractivity contribution in [1.82, 2.24) is 4.90 Å². The average Bonchev–Trinajstić information content (AvgIpc) is 2.81. The molecular weight excluding hydrogens is 238 g/mol. The minimum Gasteiger partial charge on any atom is -0.393 e. The van der Waals surface area contributed by atoms with Crippen LogP contribution in [0.15, 0.2) is 0 Å². The Kier molecular flexibility index (Phi) is 6.11. The molecule has 1 saturated heterocycles. The number of ether oxygens (including phenoxy) is 1. The third-order valence-corrected chi connectivity index (χ3v) is 4.66. The van der Waals surface area contributed by atoms with Crippen molar-refractivity contribution in [2.24, 2.45) is 11.8 Å². The fraction of sp³-hybridized carbons (Fsp3) is 1.00. The average molecular weight is 269 g/mol. The maximum atomic E-state index is 10.1. The molecule has 1 aliphatic carbocycles. The summed E-state index contributed by atoms with van der Waals surface area (Å²) in [6.45, 7) is 8.33. The number of rotatable bonds is 6. The number of piperidine rings is 1. The molecule has 0 aromatic carbocycles. The molecule has 3 atom stereocenters. The maximum Gasteiger partial charge on any atom is 0.0593 e. The highest BCUT2D eigenvalue weighted by atomic mass is 16.5. The Morgan fingerprint density at radius 3 is 2.68 bits per heavy atom. The molecule has 0 radical (unpaired) electrons. The number of nitrogens with zero attached hydrogens (tertiary/aromatic N) is 1. The lowest BCUT2D eigenvalue weighted by Gasteiger charge is -2.40. The molecule has 0 aromatic rings. The Hall–Kier alpha value is -0.120. The van der Waals surface area contributed by atoms with Gasteiger partial charge in [-0.1, -0.05) is 26.7 Å². The molecule has 1 N–H and O–H groups in total. The first kappa shape index (κ1) is 15.3. The molecule has 1 saturated carbocycles. The summed E-state index contributed by atoms with van der Waals surface area (Å²) in [5.41, 5.74) is 0. The summed E-state index contributed by atoms with van der Waals surface area (Å²) < 4.78 is 5.73. The van der Waals surface area contributed by atoms with Gasteiger partial charge in [0.15, 0.2) is 0 Å². The Labute approximate surface area is 118 Å². The topological polar surface area (TPSA) is 32.7 Å². The molecule has 0 bridgehead atoms. The van der Waals surface area contributed by atoms with E-state index in [1.54, 1.807) is 0 Å². The summed E-state index contributed by atoms with van der Waals surface area (Å²) in [7, 11) is 0. The minimum atomic E-state index is -0.0535. The predicted molar refractivity (Wildman–Crippen MR) is 78.2 cm³/mol. The SMILES string of the molecule is CC(C)COCCN1CCCCC1C1CCCC1O. The highest BCUT2D eigenvalue weighted by molar-refractivity contribution is 4.90. The minimum absolute atomic E-state index is 0.0535. The van der Waals surface area contributed by atoms with Gasteiger partial charge in [0.25, 0.3) is 0 Å². The van der Waals surface area contributed by atoms with E-state index in [0.717, 1.165) is 26.2 Å². The van der Waals surface area contributed by atoms with Crippen molar-refractivity contribution in [3.05, 3.63) is 0 Å². The number of aliphatic hydroxyl groups excluding tert-OH is 1. The molecule has 3 unspecified atom stereocenters. The Balaban J connectivity index is 1.78. The number of aliphatic hydroxyl groups is 1. The van der Waals surface area contributed by atoms with Crippen molar-refractivity contribution >= 4 is 0 Å². The lowest BCUT2D eigenvalue weighted by molar-refractivity contribution is 0.0129. The van der Waals surface area contributed by atoms with Gasteiger partial charge in [0.1, 0.15) is 0 Å². The van der Waals surface area contributed by atoms with E-state index in [1.807, 2.05) is 0 Å². The van der Waals surface area contributed by atoms with Gasteiger partial charge in [0.05, 0.1) is 12.7 Å². The molecule has 2 aliphatic rings. The Morgan fingerprint density at radius 2 is 2.00 bits per heavy atom. The highest BCUT2D eigenvalue weighted by Crippen LogP contribution is 2.34. The quantitative estimate of drug-likeness (QED) is 0.753. The molecule has 3 heteroatoms. The van der Waals surface area contributed by atoms with Crippen LogP contribution in [0.5, 0.6) is 0 Å². The smallest absolute Gasteiger partial charge is 0.0593 e. The van der Waals surface area contributed by atoms with Crippen LogP contribution in [0.1, 0.15) is 52.4 Å². The van der Waals surface area contributed by atoms with Crippen LogP contribution in [0.25, 0.3) is 0 Å². The third kappa shape index (κ3) is 4.44. The van der Waals surface area contributed by atoms with Gasteiger partial charge in [-0.15, -0.1) is 0 Å². The lowest BCUT2D eigenvalue weighted by Crippen LogP contribution is -2.47. The van der Waals surface area contributed by atoms with Crippen LogP contribution in [-0.2, 0) is 4.74 Å². The van der Waals surface area contributed by atoms with Crippen LogP contribution < -0.4 is 0 Å². The van der Waals surface area contributed by atoms with E-state index < -0.39 is 0 Å². The summed E-state index contributed by atoms with van der Waals surface area (Å²) in [5, 5.41) is 10.1. The summed E-state index contributed by atoms with van der Waals surface area (Å²) in [6.07, 6.45) is 7.29. The normalized spacial score (nSPS) is 33.2. The van der Waals surface area contributed by atoms with Crippen LogP contribution >= 0.6 is 0 Å². The van der Waals surface area contributed by atoms with Crippen LogP contribution in [0.3, 0.4) is 0 Å². The van der Waals surface area contributed by atoms with Gasteiger partial charge >= 0.3 is 0 Å². The monoisotopic (exact) mass is 269 g/mol. The van der Waals surface area contributed by atoms with Gasteiger partial charge in [0.2, 0.25) is 0 Å². The fourth-order valence-corrected chi connectivity index (χ4v) is 3.70. The van der Waals surface area contributed by atoms with E-state index in [4.69, 9.17) is 4.74 Å². The van der Waals surface area contributed by atoms with Gasteiger partial charge in [0, 0.05) is 25.1 Å². The van der Waals surface area contributed by atoms with Crippen LogP contribution in [-0.4, -0.2) is 48.5 Å². The van der Waals surface area contributed by atoms with Crippen molar-refractivity contribution in [3.63, 3.8) is 0 Å². The number of hydrogen-bond donors (Lipinski definition) is 1. The molecule has 0 aromatic heterocycles. The van der Waals surface area contributed by atoms with Crippen LogP contribution in [0.4, 0.5) is 0 Å². The zero-order chi connectivity index (χ0) is 13.7. The third-order valence-electron chi connectivity index (χ3n) is 4.66. The van der Waals surface area contributed by atoms with Gasteiger partial charge in [-0.05, 0) is 38.1 Å². The first-order valence-corrected chi connectivity index (χ1v) is 8.18. The molecule has 2 fully saturated rings. The highest BCUT2D eigenvalue weighted by Gasteiger charge is 2.36. The molecule has 0 spiro atoms. The summed E-state index contributed by atoms with van der Waals surface area (Å²) in [4.78, 5) is 2.59. The zero-order valence-electron chi connectivity index (χ0n) is 12.7. The molecule has 3 nitrogen and oxygen atoms in total. The first-order chi connectivity index (χ1) is 9.18. The van der Waals surface area contributed by atoms with E-state index in [0.29, 0.717) is 17.9 Å². The largest absolute Gasteiger partial charge is 0.393 e. The van der Waals surface area contributed by atoms with E-state index >= 15 is 0 Å². The predicted octanol–water partition coefficient (Wildman–Crippen LogP) is 2.67. The molecule has 0 amide bonds. The second-order valence-corrected chi connectivity index (χ2v) is 6.73. The Morgan fingerprint density at radius 1 is 1.16 bits per heavy atom. The molecule has 19 heavy (non-hydrogen) atoms. The van der Waals surface area contributed by atoms with Crippen LogP contribution in [0.2, 0.25) is 0 Å². The zero-order valence-corrected chi connectivity index (χ0v) is 12.7. The standard InChI is InChI=1S/C16H31NO2/c1-13(2)12-19-11-10-17-9-4-3-7-15(17)14-6-5-8-16(14)18/h13-16,18H,3-12H2,1-2H3. The van der Waals surface area contributed by atoms with Crippen molar-refractivity contribution in [3.8, 4) is 0 Å². The summed E-state index contributed by atoms with van der Waals surface area (Å²) in [5.74, 6) is 1.14. The first-order valence-electron chi connectivity index (χ1n) is 8.18. The second kappa shape index (κ2) is 7.61. The van der Waals surface area contributed by atoms with E-state index in [9.17, 15) is 5.11 Å². The van der Waals surface area contributed by atoms with Gasteiger partial charge in [-0.3, -0.25) is 4.90 Å². The fourth-order valence-electron chi connectivity index (χ4n) is 3.70. The molecular formula is C16H31NO2. The number of hydrogen-bond acceptors (Lipinski definition) is 3. The summed E-state index contributed by atoms with van der Waals surface area (Å²) in [6, 6.07) is 0.605. The Bertz CT molecular complexity index is 257. The molecule has 1 heterocycles. The van der Waals surface area contributed by atoms with E-state index in [1.165, 1.54) is 38.6 Å². The molecule has 112 valence electrons. The van der Waals surface area contributed by atoms with Crippen LogP contribution in [0, 0.1) is 11.8 Å². The second-order valence-electron chi connectivity index (χ2n) is 6.73. The molecule has 2 rings (SSSR count). The van der Waals surface area contributed by atoms with Crippen molar-refractivity contribution in [2.45, 2.75) is 64.5 Å². The lowest BCUT2D eigenvalue weighted by atomic mass is 9.88. The van der Waals surface area contributed by atoms with Gasteiger partial charge < -0.3 is 9.84 Å². The van der Waals surface area contributed by atoms with Crippen molar-refractivity contribution < 1.29 is 9.84 Å².